The number of aryl methyl sites for hydroxylation is 1. The summed E-state index contributed by atoms with van der Waals surface area (Å²) in [7, 11) is -3.76. The predicted octanol–water partition coefficient (Wildman–Crippen LogP) is 5.40. The summed E-state index contributed by atoms with van der Waals surface area (Å²) in [4.78, 5) is 2.64. The minimum Gasteiger partial charge on any atom is -0.291 e. The molecule has 0 saturated carbocycles. The minimum atomic E-state index is -3.76. The Balaban J connectivity index is 1.59. The number of fused-ring (bicyclic) bond motifs is 1. The van der Waals surface area contributed by atoms with Crippen molar-refractivity contribution in [2.75, 3.05) is 6.54 Å². The SMILES string of the molecule is Cc1ccc(S(=O)(=O)n2c(C3CCCN3Cc3ccc(C#N)cc3)cc3ccccc32)cc1. The summed E-state index contributed by atoms with van der Waals surface area (Å²) >= 11 is 0. The molecule has 1 aliphatic rings. The molecule has 0 aliphatic carbocycles. The molecule has 1 saturated heterocycles. The number of benzene rings is 3. The zero-order chi connectivity index (χ0) is 23.0. The van der Waals surface area contributed by atoms with Crippen molar-refractivity contribution >= 4 is 20.9 Å². The van der Waals surface area contributed by atoms with Crippen LogP contribution in [-0.2, 0) is 16.6 Å². The van der Waals surface area contributed by atoms with Crippen LogP contribution in [0.2, 0.25) is 0 Å². The first-order valence-electron chi connectivity index (χ1n) is 11.1. The van der Waals surface area contributed by atoms with Crippen LogP contribution in [-0.4, -0.2) is 23.8 Å². The maximum Gasteiger partial charge on any atom is 0.268 e. The number of hydrogen-bond donors (Lipinski definition) is 0. The third-order valence-corrected chi connectivity index (χ3v) is 8.18. The number of rotatable bonds is 5. The third kappa shape index (κ3) is 3.95. The first-order chi connectivity index (χ1) is 16.0. The van der Waals surface area contributed by atoms with Gasteiger partial charge in [-0.15, -0.1) is 0 Å². The highest BCUT2D eigenvalue weighted by Crippen LogP contribution is 2.38. The lowest BCUT2D eigenvalue weighted by molar-refractivity contribution is 0.244. The van der Waals surface area contributed by atoms with Gasteiger partial charge >= 0.3 is 0 Å². The van der Waals surface area contributed by atoms with Gasteiger partial charge in [0.05, 0.1) is 33.8 Å². The van der Waals surface area contributed by atoms with Crippen LogP contribution >= 0.6 is 0 Å². The van der Waals surface area contributed by atoms with Gasteiger partial charge < -0.3 is 0 Å². The molecule has 33 heavy (non-hydrogen) atoms. The molecule has 0 amide bonds. The molecule has 5 nitrogen and oxygen atoms in total. The Morgan fingerprint density at radius 1 is 1.00 bits per heavy atom. The van der Waals surface area contributed by atoms with Crippen molar-refractivity contribution in [2.45, 2.75) is 37.2 Å². The molecule has 1 unspecified atom stereocenters. The van der Waals surface area contributed by atoms with Crippen molar-refractivity contribution in [3.63, 3.8) is 0 Å². The molecule has 0 radical (unpaired) electrons. The molecular formula is C27H25N3O2S. The molecule has 1 aliphatic heterocycles. The van der Waals surface area contributed by atoms with E-state index < -0.39 is 10.0 Å². The summed E-state index contributed by atoms with van der Waals surface area (Å²) in [5, 5.41) is 9.99. The first-order valence-corrected chi connectivity index (χ1v) is 12.6. The average Bonchev–Trinajstić information content (AvgIpc) is 3.44. The molecule has 0 bridgehead atoms. The largest absolute Gasteiger partial charge is 0.291 e. The number of nitrogens with zero attached hydrogens (tertiary/aromatic N) is 3. The summed E-state index contributed by atoms with van der Waals surface area (Å²) in [6.45, 7) is 3.56. The van der Waals surface area contributed by atoms with Crippen LogP contribution in [0, 0.1) is 18.3 Å². The van der Waals surface area contributed by atoms with Crippen molar-refractivity contribution in [3.8, 4) is 6.07 Å². The van der Waals surface area contributed by atoms with Gasteiger partial charge in [-0.05, 0) is 68.3 Å². The third-order valence-electron chi connectivity index (χ3n) is 6.43. The minimum absolute atomic E-state index is 0.00623. The summed E-state index contributed by atoms with van der Waals surface area (Å²) < 4.78 is 29.2. The quantitative estimate of drug-likeness (QED) is 0.404. The molecule has 0 N–H and O–H groups in total. The molecule has 3 aromatic carbocycles. The van der Waals surface area contributed by atoms with Crippen molar-refractivity contribution in [2.24, 2.45) is 0 Å². The molecule has 1 fully saturated rings. The van der Waals surface area contributed by atoms with Crippen LogP contribution in [0.25, 0.3) is 10.9 Å². The Bertz CT molecular complexity index is 1450. The Morgan fingerprint density at radius 3 is 2.45 bits per heavy atom. The Labute approximate surface area is 194 Å². The fourth-order valence-corrected chi connectivity index (χ4v) is 6.30. The van der Waals surface area contributed by atoms with Gasteiger partial charge in [0.25, 0.3) is 10.0 Å². The Hall–Kier alpha value is -3.40. The van der Waals surface area contributed by atoms with Gasteiger partial charge in [0.1, 0.15) is 0 Å². The highest BCUT2D eigenvalue weighted by Gasteiger charge is 2.33. The number of para-hydroxylation sites is 1. The topological polar surface area (TPSA) is 66.1 Å². The molecular weight excluding hydrogens is 430 g/mol. The number of hydrogen-bond acceptors (Lipinski definition) is 4. The van der Waals surface area contributed by atoms with Gasteiger partial charge in [-0.3, -0.25) is 4.90 Å². The molecule has 1 aromatic heterocycles. The van der Waals surface area contributed by atoms with Crippen LogP contribution in [0.15, 0.2) is 83.8 Å². The lowest BCUT2D eigenvalue weighted by Gasteiger charge is -2.26. The van der Waals surface area contributed by atoms with Crippen LogP contribution in [0.3, 0.4) is 0 Å². The molecule has 4 aromatic rings. The standard InChI is InChI=1S/C27H25N3O2S/c1-20-8-14-24(15-9-20)33(31,32)30-25-6-3-2-5-23(25)17-27(30)26-7-4-16-29(26)19-22-12-10-21(18-28)11-13-22/h2-3,5-6,8-15,17,26H,4,7,16,19H2,1H3. The second-order valence-electron chi connectivity index (χ2n) is 8.65. The van der Waals surface area contributed by atoms with Crippen molar-refractivity contribution in [1.29, 1.82) is 5.26 Å². The van der Waals surface area contributed by atoms with Crippen LogP contribution in [0.5, 0.6) is 0 Å². The molecule has 1 atom stereocenters. The fraction of sp³-hybridized carbons (Fsp3) is 0.222. The van der Waals surface area contributed by atoms with E-state index in [0.717, 1.165) is 41.6 Å². The highest BCUT2D eigenvalue weighted by atomic mass is 32.2. The molecule has 166 valence electrons. The second-order valence-corrected chi connectivity index (χ2v) is 10.4. The van der Waals surface area contributed by atoms with Crippen LogP contribution in [0.4, 0.5) is 0 Å². The van der Waals surface area contributed by atoms with E-state index in [1.165, 1.54) is 0 Å². The lowest BCUT2D eigenvalue weighted by atomic mass is 10.1. The van der Waals surface area contributed by atoms with E-state index in [9.17, 15) is 8.42 Å². The average molecular weight is 456 g/mol. The summed E-state index contributed by atoms with van der Waals surface area (Å²) in [6.07, 6.45) is 1.91. The highest BCUT2D eigenvalue weighted by molar-refractivity contribution is 7.90. The molecule has 6 heteroatoms. The predicted molar refractivity (Wildman–Crippen MR) is 129 cm³/mol. The van der Waals surface area contributed by atoms with Gasteiger partial charge in [-0.25, -0.2) is 12.4 Å². The van der Waals surface area contributed by atoms with Crippen molar-refractivity contribution in [3.05, 3.63) is 101 Å². The van der Waals surface area contributed by atoms with Gasteiger partial charge in [0.15, 0.2) is 0 Å². The fourth-order valence-electron chi connectivity index (χ4n) is 4.74. The van der Waals surface area contributed by atoms with Gasteiger partial charge in [0.2, 0.25) is 0 Å². The molecule has 2 heterocycles. The molecule has 0 spiro atoms. The van der Waals surface area contributed by atoms with E-state index in [1.54, 1.807) is 16.1 Å². The van der Waals surface area contributed by atoms with Gasteiger partial charge in [-0.1, -0.05) is 48.0 Å². The first kappa shape index (κ1) is 21.4. The summed E-state index contributed by atoms with van der Waals surface area (Å²) in [5.41, 5.74) is 4.29. The van der Waals surface area contributed by atoms with E-state index in [1.807, 2.05) is 73.7 Å². The maximum atomic E-state index is 13.8. The number of nitriles is 1. The summed E-state index contributed by atoms with van der Waals surface area (Å²) in [6, 6.07) is 26.5. The number of likely N-dealkylation sites (tertiary alicyclic amines) is 1. The Morgan fingerprint density at radius 2 is 1.73 bits per heavy atom. The van der Waals surface area contributed by atoms with E-state index in [4.69, 9.17) is 5.26 Å². The zero-order valence-corrected chi connectivity index (χ0v) is 19.3. The lowest BCUT2D eigenvalue weighted by Crippen LogP contribution is -2.26. The van der Waals surface area contributed by atoms with E-state index in [2.05, 4.69) is 11.0 Å². The van der Waals surface area contributed by atoms with E-state index >= 15 is 0 Å². The van der Waals surface area contributed by atoms with Gasteiger partial charge in [0, 0.05) is 11.9 Å². The van der Waals surface area contributed by atoms with Crippen LogP contribution in [0.1, 0.15) is 41.3 Å². The normalized spacial score (nSPS) is 16.8. The van der Waals surface area contributed by atoms with Crippen molar-refractivity contribution < 1.29 is 8.42 Å². The summed E-state index contributed by atoms with van der Waals surface area (Å²) in [5.74, 6) is 0. The van der Waals surface area contributed by atoms with Crippen LogP contribution < -0.4 is 0 Å². The van der Waals surface area contributed by atoms with E-state index in [-0.39, 0.29) is 6.04 Å². The monoisotopic (exact) mass is 455 g/mol. The zero-order valence-electron chi connectivity index (χ0n) is 18.5. The maximum absolute atomic E-state index is 13.8. The van der Waals surface area contributed by atoms with Gasteiger partial charge in [-0.2, -0.15) is 5.26 Å². The van der Waals surface area contributed by atoms with Crippen molar-refractivity contribution in [1.82, 2.24) is 8.87 Å². The smallest absolute Gasteiger partial charge is 0.268 e. The Kier molecular flexibility index (Phi) is 5.53. The van der Waals surface area contributed by atoms with E-state index in [0.29, 0.717) is 22.5 Å². The second kappa shape index (κ2) is 8.51. The molecule has 5 rings (SSSR count). The number of aromatic nitrogens is 1.